The van der Waals surface area contributed by atoms with Crippen LogP contribution in [-0.2, 0) is 10.0 Å². The summed E-state index contributed by atoms with van der Waals surface area (Å²) in [5.41, 5.74) is 2.59. The van der Waals surface area contributed by atoms with Crippen molar-refractivity contribution in [2.45, 2.75) is 19.8 Å². The summed E-state index contributed by atoms with van der Waals surface area (Å²) in [5.74, 6) is 2.93. The zero-order valence-electron chi connectivity index (χ0n) is 17.5. The highest BCUT2D eigenvalue weighted by molar-refractivity contribution is 7.88. The Morgan fingerprint density at radius 3 is 2.17 bits per heavy atom. The molecule has 1 heterocycles. The maximum Gasteiger partial charge on any atom is 0.208 e. The van der Waals surface area contributed by atoms with Crippen molar-refractivity contribution in [3.05, 3.63) is 54.4 Å². The SMILES string of the molecule is COc1ccc(-c2nc(C(C)C)oc2-c2ccc(OCCNS(C)(=O)=O)cc2)cc1. The highest BCUT2D eigenvalue weighted by Gasteiger charge is 2.19. The van der Waals surface area contributed by atoms with Crippen LogP contribution < -0.4 is 14.2 Å². The predicted octanol–water partition coefficient (Wildman–Crippen LogP) is 4.07. The van der Waals surface area contributed by atoms with Crippen molar-refractivity contribution in [3.8, 4) is 34.1 Å². The molecule has 30 heavy (non-hydrogen) atoms. The molecule has 7 nitrogen and oxygen atoms in total. The molecule has 1 N–H and O–H groups in total. The van der Waals surface area contributed by atoms with Crippen molar-refractivity contribution in [2.75, 3.05) is 26.5 Å². The summed E-state index contributed by atoms with van der Waals surface area (Å²) >= 11 is 0. The first-order valence-corrected chi connectivity index (χ1v) is 11.5. The van der Waals surface area contributed by atoms with Gasteiger partial charge < -0.3 is 13.9 Å². The fourth-order valence-electron chi connectivity index (χ4n) is 2.82. The van der Waals surface area contributed by atoms with E-state index in [1.165, 1.54) is 0 Å². The Kier molecular flexibility index (Phi) is 6.79. The molecule has 0 fully saturated rings. The third-order valence-electron chi connectivity index (χ3n) is 4.35. The van der Waals surface area contributed by atoms with Crippen LogP contribution in [0.25, 0.3) is 22.6 Å². The van der Waals surface area contributed by atoms with Crippen LogP contribution in [-0.4, -0.2) is 39.9 Å². The van der Waals surface area contributed by atoms with Gasteiger partial charge in [-0.3, -0.25) is 0 Å². The van der Waals surface area contributed by atoms with Crippen LogP contribution in [0.3, 0.4) is 0 Å². The first-order chi connectivity index (χ1) is 14.3. The maximum atomic E-state index is 11.1. The van der Waals surface area contributed by atoms with Crippen molar-refractivity contribution in [2.24, 2.45) is 0 Å². The average molecular weight is 431 g/mol. The number of nitrogens with zero attached hydrogens (tertiary/aromatic N) is 1. The molecule has 0 atom stereocenters. The van der Waals surface area contributed by atoms with Gasteiger partial charge in [0.25, 0.3) is 0 Å². The van der Waals surface area contributed by atoms with Crippen LogP contribution in [0.4, 0.5) is 0 Å². The summed E-state index contributed by atoms with van der Waals surface area (Å²) in [7, 11) is -1.59. The normalized spacial score (nSPS) is 11.6. The molecule has 160 valence electrons. The summed E-state index contributed by atoms with van der Waals surface area (Å²) in [6.07, 6.45) is 1.12. The molecule has 0 saturated heterocycles. The molecule has 1 aromatic heterocycles. The largest absolute Gasteiger partial charge is 0.497 e. The molecular weight excluding hydrogens is 404 g/mol. The quantitative estimate of drug-likeness (QED) is 0.515. The van der Waals surface area contributed by atoms with Crippen molar-refractivity contribution in [1.29, 1.82) is 0 Å². The Balaban J connectivity index is 1.82. The Labute approximate surface area is 177 Å². The van der Waals surface area contributed by atoms with E-state index < -0.39 is 10.0 Å². The number of hydrogen-bond donors (Lipinski definition) is 1. The van der Waals surface area contributed by atoms with E-state index in [1.807, 2.05) is 62.4 Å². The number of hydrogen-bond acceptors (Lipinski definition) is 6. The Morgan fingerprint density at radius 2 is 1.60 bits per heavy atom. The minimum atomic E-state index is -3.22. The van der Waals surface area contributed by atoms with E-state index in [0.29, 0.717) is 17.4 Å². The second kappa shape index (κ2) is 9.32. The third kappa shape index (κ3) is 5.61. The second-order valence-electron chi connectivity index (χ2n) is 7.15. The highest BCUT2D eigenvalue weighted by atomic mass is 32.2. The molecule has 0 unspecified atom stereocenters. The van der Waals surface area contributed by atoms with Gasteiger partial charge in [0.2, 0.25) is 10.0 Å². The Morgan fingerprint density at radius 1 is 1.00 bits per heavy atom. The third-order valence-corrected chi connectivity index (χ3v) is 5.08. The summed E-state index contributed by atoms with van der Waals surface area (Å²) in [6.45, 7) is 4.52. The van der Waals surface area contributed by atoms with Gasteiger partial charge in [-0.2, -0.15) is 0 Å². The molecule has 2 aromatic carbocycles. The molecule has 0 aliphatic carbocycles. The van der Waals surface area contributed by atoms with Gasteiger partial charge in [0.1, 0.15) is 23.8 Å². The Bertz CT molecular complexity index is 1070. The fourth-order valence-corrected chi connectivity index (χ4v) is 3.28. The molecule has 3 rings (SSSR count). The van der Waals surface area contributed by atoms with Crippen molar-refractivity contribution >= 4 is 10.0 Å². The minimum Gasteiger partial charge on any atom is -0.497 e. The maximum absolute atomic E-state index is 11.1. The molecule has 3 aromatic rings. The first kappa shape index (κ1) is 21.9. The molecule has 0 aliphatic heterocycles. The predicted molar refractivity (Wildman–Crippen MR) is 116 cm³/mol. The lowest BCUT2D eigenvalue weighted by molar-refractivity contribution is 0.323. The number of benzene rings is 2. The summed E-state index contributed by atoms with van der Waals surface area (Å²) in [4.78, 5) is 4.71. The number of sulfonamides is 1. The van der Waals surface area contributed by atoms with Crippen molar-refractivity contribution < 1.29 is 22.3 Å². The molecule has 0 saturated carbocycles. The standard InChI is InChI=1S/C22H26N2O5S/c1-15(2)22-24-20(16-5-9-18(27-3)10-6-16)21(29-22)17-7-11-19(12-8-17)28-14-13-23-30(4,25)26/h5-12,15,23H,13-14H2,1-4H3. The van der Waals surface area contributed by atoms with Gasteiger partial charge in [-0.05, 0) is 48.5 Å². The van der Waals surface area contributed by atoms with E-state index in [9.17, 15) is 8.42 Å². The zero-order valence-corrected chi connectivity index (χ0v) is 18.3. The van der Waals surface area contributed by atoms with Gasteiger partial charge in [-0.25, -0.2) is 18.1 Å². The number of rotatable bonds is 9. The molecule has 0 aliphatic rings. The van der Waals surface area contributed by atoms with Crippen LogP contribution in [0.1, 0.15) is 25.7 Å². The summed E-state index contributed by atoms with van der Waals surface area (Å²) in [5, 5.41) is 0. The second-order valence-corrected chi connectivity index (χ2v) is 8.99. The number of oxazole rings is 1. The lowest BCUT2D eigenvalue weighted by Crippen LogP contribution is -2.26. The van der Waals surface area contributed by atoms with Gasteiger partial charge in [0.05, 0.1) is 13.4 Å². The van der Waals surface area contributed by atoms with Crippen LogP contribution in [0.5, 0.6) is 11.5 Å². The highest BCUT2D eigenvalue weighted by Crippen LogP contribution is 2.35. The van der Waals surface area contributed by atoms with E-state index in [2.05, 4.69) is 4.72 Å². The van der Waals surface area contributed by atoms with Gasteiger partial charge in [0, 0.05) is 23.6 Å². The van der Waals surface area contributed by atoms with E-state index in [-0.39, 0.29) is 19.1 Å². The smallest absolute Gasteiger partial charge is 0.208 e. The van der Waals surface area contributed by atoms with Crippen molar-refractivity contribution in [3.63, 3.8) is 0 Å². The van der Waals surface area contributed by atoms with Gasteiger partial charge in [-0.1, -0.05) is 13.8 Å². The molecule has 0 radical (unpaired) electrons. The minimum absolute atomic E-state index is 0.153. The van der Waals surface area contributed by atoms with Crippen LogP contribution in [0.15, 0.2) is 52.9 Å². The van der Waals surface area contributed by atoms with Gasteiger partial charge in [0.15, 0.2) is 11.7 Å². The van der Waals surface area contributed by atoms with Gasteiger partial charge in [-0.15, -0.1) is 0 Å². The average Bonchev–Trinajstić information content (AvgIpc) is 3.17. The first-order valence-electron chi connectivity index (χ1n) is 9.60. The lowest BCUT2D eigenvalue weighted by atomic mass is 10.1. The molecule has 0 spiro atoms. The van der Waals surface area contributed by atoms with Crippen LogP contribution in [0, 0.1) is 0 Å². The summed E-state index contributed by atoms with van der Waals surface area (Å²) in [6, 6.07) is 15.1. The van der Waals surface area contributed by atoms with Crippen molar-refractivity contribution in [1.82, 2.24) is 9.71 Å². The lowest BCUT2D eigenvalue weighted by Gasteiger charge is -2.08. The summed E-state index contributed by atoms with van der Waals surface area (Å²) < 4.78 is 41.5. The number of methoxy groups -OCH3 is 1. The topological polar surface area (TPSA) is 90.7 Å². The molecule has 8 heteroatoms. The van der Waals surface area contributed by atoms with Crippen LogP contribution in [0.2, 0.25) is 0 Å². The fraction of sp³-hybridized carbons (Fsp3) is 0.318. The molecule has 0 amide bonds. The van der Waals surface area contributed by atoms with E-state index in [1.54, 1.807) is 7.11 Å². The zero-order chi connectivity index (χ0) is 21.7. The molecule has 0 bridgehead atoms. The van der Waals surface area contributed by atoms with E-state index >= 15 is 0 Å². The van der Waals surface area contributed by atoms with Gasteiger partial charge >= 0.3 is 0 Å². The monoisotopic (exact) mass is 430 g/mol. The molecular formula is C22H26N2O5S. The number of ether oxygens (including phenoxy) is 2. The van der Waals surface area contributed by atoms with E-state index in [0.717, 1.165) is 28.8 Å². The number of aromatic nitrogens is 1. The van der Waals surface area contributed by atoms with Crippen LogP contribution >= 0.6 is 0 Å². The van der Waals surface area contributed by atoms with E-state index in [4.69, 9.17) is 18.9 Å². The Hall–Kier alpha value is -2.84. The number of nitrogens with one attached hydrogen (secondary N) is 1.